The van der Waals surface area contributed by atoms with Gasteiger partial charge in [-0.2, -0.15) is 10.2 Å². The Bertz CT molecular complexity index is 2870. The van der Waals surface area contributed by atoms with Crippen LogP contribution in [0.4, 0.5) is 0 Å². The molecule has 0 unspecified atom stereocenters. The number of benzene rings is 7. The number of hydrogen-bond donors (Lipinski definition) is 2. The topological polar surface area (TPSA) is 136 Å². The van der Waals surface area contributed by atoms with Gasteiger partial charge in [0.1, 0.15) is 25.3 Å². The van der Waals surface area contributed by atoms with Gasteiger partial charge in [0.15, 0.2) is 11.6 Å². The molecule has 0 saturated carbocycles. The molecule has 0 bridgehead atoms. The highest BCUT2D eigenvalue weighted by Gasteiger charge is 2.15. The van der Waals surface area contributed by atoms with E-state index in [0.717, 1.165) is 37.5 Å². The first-order chi connectivity index (χ1) is 31.6. The van der Waals surface area contributed by atoms with Crippen molar-refractivity contribution in [3.63, 3.8) is 0 Å². The number of rotatable bonds is 11. The van der Waals surface area contributed by atoms with E-state index in [1.165, 1.54) is 29.8 Å². The molecule has 0 atom stereocenters. The van der Waals surface area contributed by atoms with E-state index in [0.29, 0.717) is 34.3 Å². The summed E-state index contributed by atoms with van der Waals surface area (Å²) in [4.78, 5) is 32.6. The van der Waals surface area contributed by atoms with Crippen LogP contribution < -0.4 is 5.46 Å². The second kappa shape index (κ2) is 25.2. The minimum Gasteiger partial charge on any atom is -0.423 e. The zero-order valence-electron chi connectivity index (χ0n) is 34.9. The van der Waals surface area contributed by atoms with Crippen LogP contribution in [0, 0.1) is 0 Å². The second-order valence-electron chi connectivity index (χ2n) is 14.3. The molecule has 0 aliphatic carbocycles. The molecule has 2 heterocycles. The molecule has 7 aromatic carbocycles. The lowest BCUT2D eigenvalue weighted by molar-refractivity contribution is 0.103. The first-order valence-electron chi connectivity index (χ1n) is 20.2. The first kappa shape index (κ1) is 48.1. The minimum atomic E-state index is -1.56. The average Bonchev–Trinajstić information content (AvgIpc) is 4.07. The van der Waals surface area contributed by atoms with Crippen LogP contribution in [0.15, 0.2) is 216 Å². The van der Waals surface area contributed by atoms with Gasteiger partial charge in [-0.25, -0.2) is 19.3 Å². The van der Waals surface area contributed by atoms with Crippen molar-refractivity contribution in [3.8, 4) is 11.1 Å². The highest BCUT2D eigenvalue weighted by atomic mass is 79.9. The van der Waals surface area contributed by atoms with E-state index in [-0.39, 0.29) is 11.6 Å². The predicted octanol–water partition coefficient (Wildman–Crippen LogP) is 10.3. The fourth-order valence-electron chi connectivity index (χ4n) is 6.30. The minimum absolute atomic E-state index is 0.0335. The van der Waals surface area contributed by atoms with Crippen molar-refractivity contribution in [1.82, 2.24) is 29.5 Å². The lowest BCUT2D eigenvalue weighted by Crippen LogP contribution is -2.30. The van der Waals surface area contributed by atoms with Crippen LogP contribution in [-0.2, 0) is 18.4 Å². The third-order valence-electron chi connectivity index (χ3n) is 9.46. The summed E-state index contributed by atoms with van der Waals surface area (Å²) >= 11 is 10.2. The van der Waals surface area contributed by atoms with Gasteiger partial charge >= 0.3 is 7.12 Å². The highest BCUT2D eigenvalue weighted by Crippen LogP contribution is 2.23. The second-order valence-corrected chi connectivity index (χ2v) is 16.6. The van der Waals surface area contributed by atoms with Gasteiger partial charge in [0.25, 0.3) is 0 Å². The van der Waals surface area contributed by atoms with Crippen LogP contribution in [0.25, 0.3) is 11.1 Å². The summed E-state index contributed by atoms with van der Waals surface area (Å²) in [6, 6.07) is 56.9. The Labute approximate surface area is 403 Å². The highest BCUT2D eigenvalue weighted by molar-refractivity contribution is 9.10. The molecule has 0 radical (unpaired) electrons. The maximum absolute atomic E-state index is 12.7. The van der Waals surface area contributed by atoms with Crippen molar-refractivity contribution in [2.45, 2.75) is 18.4 Å². The van der Waals surface area contributed by atoms with Crippen molar-refractivity contribution < 1.29 is 19.6 Å². The van der Waals surface area contributed by atoms with Gasteiger partial charge in [0.05, 0.1) is 13.1 Å². The van der Waals surface area contributed by atoms with E-state index in [1.807, 2.05) is 91.0 Å². The maximum Gasteiger partial charge on any atom is 0.488 e. The zero-order chi connectivity index (χ0) is 45.8. The van der Waals surface area contributed by atoms with Gasteiger partial charge in [0.2, 0.25) is 0 Å². The molecule has 0 aliphatic rings. The third kappa shape index (κ3) is 15.4. The van der Waals surface area contributed by atoms with Gasteiger partial charge < -0.3 is 10.0 Å². The van der Waals surface area contributed by atoms with Gasteiger partial charge in [-0.3, -0.25) is 9.59 Å². The number of aromatic nitrogens is 6. The number of hydrogen-bond acceptors (Lipinski definition) is 8. The van der Waals surface area contributed by atoms with Crippen LogP contribution in [0.1, 0.15) is 48.5 Å². The summed E-state index contributed by atoms with van der Waals surface area (Å²) in [6.07, 6.45) is 6.48. The fraction of sp³-hybridized carbons (Fsp3) is 0.0588. The smallest absolute Gasteiger partial charge is 0.423 e. The van der Waals surface area contributed by atoms with Gasteiger partial charge in [-0.15, -0.1) is 0 Å². The molecule has 0 aliphatic heterocycles. The molecular weight excluding hydrogens is 1010 g/mol. The molecule has 0 saturated heterocycles. The maximum atomic E-state index is 12.7. The monoisotopic (exact) mass is 1050 g/mol. The fourth-order valence-corrected chi connectivity index (χ4v) is 7.54. The van der Waals surface area contributed by atoms with E-state index in [1.54, 1.807) is 64.5 Å². The van der Waals surface area contributed by atoms with Crippen molar-refractivity contribution in [1.29, 1.82) is 0 Å². The quantitative estimate of drug-likeness (QED) is 0.0743. The Hall–Kier alpha value is -6.42. The number of carbonyl (C=O) groups excluding carboxylic acids is 2. The summed E-state index contributed by atoms with van der Waals surface area (Å²) in [5, 5.41) is 27.2. The SMILES string of the molecule is BrCc1cccc(Br)c1.Brc1cccc(Cn2cncn2)c1.O=C(c1ccccc1)c1cccc(-c2cccc(Cn3cncn3)c2)c1.O=C(c1ccccc1)c1cccc(B(O)O)c1. The van der Waals surface area contributed by atoms with E-state index in [4.69, 9.17) is 10.0 Å². The van der Waals surface area contributed by atoms with Crippen molar-refractivity contribution in [2.24, 2.45) is 0 Å². The standard InChI is InChI=1S/C22H17N3O.C13H11BO3.C9H8BrN3.C7H6Br2/c26-22(18-7-2-1-3-8-18)21-11-5-10-20(13-21)19-9-4-6-17(12-19)14-25-16-23-15-24-25;15-13(10-5-2-1-3-6-10)11-7-4-8-12(9-11)14(16)17;10-9-3-1-2-8(4-9)5-13-7-11-6-12-13;8-5-6-2-1-3-7(9)4-6/h1-13,15-16H,14H2;1-9,16-17H;1-4,6-7H,5H2;1-4H,5H2. The van der Waals surface area contributed by atoms with Crippen LogP contribution >= 0.6 is 47.8 Å². The molecule has 0 amide bonds. The van der Waals surface area contributed by atoms with Gasteiger partial charge in [0, 0.05) is 36.5 Å². The normalized spacial score (nSPS) is 10.2. The summed E-state index contributed by atoms with van der Waals surface area (Å²) in [5.41, 5.74) is 8.46. The Morgan fingerprint density at radius 1 is 0.477 bits per heavy atom. The molecule has 9 aromatic rings. The Morgan fingerprint density at radius 3 is 1.38 bits per heavy atom. The van der Waals surface area contributed by atoms with Crippen molar-refractivity contribution in [3.05, 3.63) is 255 Å². The zero-order valence-corrected chi connectivity index (χ0v) is 39.6. The lowest BCUT2D eigenvalue weighted by Gasteiger charge is -2.08. The Balaban J connectivity index is 0.000000155. The lowest BCUT2D eigenvalue weighted by atomic mass is 9.79. The largest absolute Gasteiger partial charge is 0.488 e. The first-order valence-corrected chi connectivity index (χ1v) is 22.9. The summed E-state index contributed by atoms with van der Waals surface area (Å²) in [7, 11) is -1.56. The molecular formula is C51H42BBr3N6O4. The van der Waals surface area contributed by atoms with Crippen molar-refractivity contribution in [2.75, 3.05) is 0 Å². The molecule has 65 heavy (non-hydrogen) atoms. The number of halogens is 3. The molecule has 9 rings (SSSR count). The molecule has 2 N–H and O–H groups in total. The van der Waals surface area contributed by atoms with Gasteiger partial charge in [-0.05, 0) is 69.7 Å². The van der Waals surface area contributed by atoms with Crippen molar-refractivity contribution >= 4 is 71.9 Å². The van der Waals surface area contributed by atoms with Crippen LogP contribution in [0.3, 0.4) is 0 Å². The number of nitrogens with zero attached hydrogens (tertiary/aromatic N) is 6. The predicted molar refractivity (Wildman–Crippen MR) is 267 cm³/mol. The molecule has 324 valence electrons. The number of carbonyl (C=O) groups is 2. The van der Waals surface area contributed by atoms with E-state index < -0.39 is 7.12 Å². The Morgan fingerprint density at radius 2 is 0.908 bits per heavy atom. The van der Waals surface area contributed by atoms with Gasteiger partial charge in [-0.1, -0.05) is 193 Å². The number of alkyl halides is 1. The molecule has 2 aromatic heterocycles. The van der Waals surface area contributed by atoms with Crippen LogP contribution in [0.5, 0.6) is 0 Å². The van der Waals surface area contributed by atoms with Crippen LogP contribution in [0.2, 0.25) is 0 Å². The van der Waals surface area contributed by atoms with Crippen LogP contribution in [-0.4, -0.2) is 58.3 Å². The molecule has 10 nitrogen and oxygen atoms in total. The summed E-state index contributed by atoms with van der Waals surface area (Å²) < 4.78 is 5.81. The van der Waals surface area contributed by atoms with E-state index in [9.17, 15) is 9.59 Å². The average molecular weight is 1050 g/mol. The number of ketones is 2. The van der Waals surface area contributed by atoms with E-state index in [2.05, 4.69) is 110 Å². The molecule has 0 fully saturated rings. The summed E-state index contributed by atoms with van der Waals surface area (Å²) in [5.74, 6) is -0.0979. The summed E-state index contributed by atoms with van der Waals surface area (Å²) in [6.45, 7) is 1.43. The molecule has 14 heteroatoms. The Kier molecular flexibility index (Phi) is 18.6. The molecule has 0 spiro atoms. The van der Waals surface area contributed by atoms with E-state index >= 15 is 0 Å². The third-order valence-corrected chi connectivity index (χ3v) is 11.1.